The molecule has 0 amide bonds. The van der Waals surface area contributed by atoms with Crippen LogP contribution in [0.4, 0.5) is 0 Å². The van der Waals surface area contributed by atoms with Crippen molar-refractivity contribution in [2.45, 2.75) is 206 Å². The smallest absolute Gasteiger partial charge is 0.472 e. The highest BCUT2D eigenvalue weighted by molar-refractivity contribution is 7.47. The van der Waals surface area contributed by atoms with E-state index in [0.717, 1.165) is 64.2 Å². The van der Waals surface area contributed by atoms with E-state index in [-0.39, 0.29) is 13.0 Å². The van der Waals surface area contributed by atoms with Crippen molar-refractivity contribution in [3.8, 4) is 0 Å². The fourth-order valence-electron chi connectivity index (χ4n) is 5.93. The third-order valence-electron chi connectivity index (χ3n) is 9.37. The molecule has 0 bridgehead atoms. The molecule has 0 spiro atoms. The van der Waals surface area contributed by atoms with Gasteiger partial charge in [0.15, 0.2) is 0 Å². The van der Waals surface area contributed by atoms with Gasteiger partial charge in [-0.3, -0.25) is 18.6 Å². The molecule has 0 aromatic heterocycles. The molecule has 0 saturated heterocycles. The maximum atomic E-state index is 12.6. The van der Waals surface area contributed by atoms with Gasteiger partial charge in [-0.1, -0.05) is 159 Å². The summed E-state index contributed by atoms with van der Waals surface area (Å²) in [7, 11) is -4.62. The van der Waals surface area contributed by atoms with Gasteiger partial charge in [-0.15, -0.1) is 0 Å². The van der Waals surface area contributed by atoms with Crippen LogP contribution < -0.4 is 5.73 Å². The number of aliphatic carboxylic acids is 1. The molecule has 0 aliphatic heterocycles. The van der Waals surface area contributed by atoms with Crippen LogP contribution in [-0.2, 0) is 32.7 Å². The van der Waals surface area contributed by atoms with Crippen molar-refractivity contribution in [2.24, 2.45) is 5.73 Å². The van der Waals surface area contributed by atoms with Crippen molar-refractivity contribution in [1.29, 1.82) is 0 Å². The summed E-state index contributed by atoms with van der Waals surface area (Å²) >= 11 is 0. The molecule has 0 aliphatic carbocycles. The molecule has 322 valence electrons. The Kier molecular flexibility index (Phi) is 39.1. The number of carbonyl (C=O) groups excluding carboxylic acids is 1. The van der Waals surface area contributed by atoms with E-state index in [9.17, 15) is 19.0 Å². The lowest BCUT2D eigenvalue weighted by molar-refractivity contribution is -0.154. The maximum Gasteiger partial charge on any atom is 0.472 e. The predicted octanol–water partition coefficient (Wildman–Crippen LogP) is 12.1. The number of esters is 1. The van der Waals surface area contributed by atoms with E-state index >= 15 is 0 Å². The number of phosphoric acid groups is 1. The first-order valence-corrected chi connectivity index (χ1v) is 23.5. The second-order valence-corrected chi connectivity index (χ2v) is 16.3. The number of hydrogen-bond donors (Lipinski definition) is 3. The zero-order chi connectivity index (χ0) is 40.5. The summed E-state index contributed by atoms with van der Waals surface area (Å²) in [4.78, 5) is 33.5. The summed E-state index contributed by atoms with van der Waals surface area (Å²) in [5.41, 5.74) is 5.35. The molecule has 0 radical (unpaired) electrons. The molecule has 10 nitrogen and oxygen atoms in total. The van der Waals surface area contributed by atoms with E-state index in [2.05, 4.69) is 50.3 Å². The van der Waals surface area contributed by atoms with Gasteiger partial charge in [0, 0.05) is 13.0 Å². The van der Waals surface area contributed by atoms with Crippen molar-refractivity contribution >= 4 is 19.8 Å². The summed E-state index contributed by atoms with van der Waals surface area (Å²) in [6.45, 7) is 3.80. The second kappa shape index (κ2) is 40.4. The Balaban J connectivity index is 4.19. The fourth-order valence-corrected chi connectivity index (χ4v) is 6.71. The minimum absolute atomic E-state index is 0.0111. The molecule has 0 aliphatic rings. The van der Waals surface area contributed by atoms with Gasteiger partial charge in [-0.2, -0.15) is 0 Å². The third-order valence-corrected chi connectivity index (χ3v) is 10.3. The van der Waals surface area contributed by atoms with Gasteiger partial charge in [0.1, 0.15) is 12.1 Å². The number of carboxylic acid groups (broad SMARTS) is 1. The normalized spacial score (nSPS) is 14.3. The molecule has 0 aromatic carbocycles. The maximum absolute atomic E-state index is 12.6. The Morgan fingerprint density at radius 1 is 0.582 bits per heavy atom. The van der Waals surface area contributed by atoms with Crippen LogP contribution in [0.25, 0.3) is 0 Å². The van der Waals surface area contributed by atoms with Gasteiger partial charge in [0.2, 0.25) is 0 Å². The van der Waals surface area contributed by atoms with Gasteiger partial charge in [0.25, 0.3) is 0 Å². The molecule has 3 atom stereocenters. The molecule has 11 heteroatoms. The molecule has 3 unspecified atom stereocenters. The number of unbranched alkanes of at least 4 members (excludes halogenated alkanes) is 22. The van der Waals surface area contributed by atoms with Crippen LogP contribution in [-0.4, -0.2) is 60.5 Å². The summed E-state index contributed by atoms with van der Waals surface area (Å²) in [6, 6.07) is -1.47. The van der Waals surface area contributed by atoms with Crippen LogP contribution >= 0.6 is 7.82 Å². The second-order valence-electron chi connectivity index (χ2n) is 14.8. The number of carboxylic acids is 1. The Labute approximate surface area is 336 Å². The minimum atomic E-state index is -4.62. The molecule has 0 fully saturated rings. The topological polar surface area (TPSA) is 155 Å². The molecule has 0 saturated carbocycles. The molecular weight excluding hydrogens is 717 g/mol. The van der Waals surface area contributed by atoms with Crippen LogP contribution in [0.1, 0.15) is 194 Å². The van der Waals surface area contributed by atoms with Crippen molar-refractivity contribution < 1.29 is 42.7 Å². The van der Waals surface area contributed by atoms with Crippen LogP contribution in [0.2, 0.25) is 0 Å². The largest absolute Gasteiger partial charge is 0.480 e. The number of ether oxygens (including phenoxy) is 2. The number of allylic oxidation sites excluding steroid dienone is 6. The Hall–Kier alpha value is -1.81. The predicted molar refractivity (Wildman–Crippen MR) is 226 cm³/mol. The molecule has 4 N–H and O–H groups in total. The highest BCUT2D eigenvalue weighted by atomic mass is 31.2. The summed E-state index contributed by atoms with van der Waals surface area (Å²) in [5.74, 6) is -1.79. The summed E-state index contributed by atoms with van der Waals surface area (Å²) < 4.78 is 33.3. The average molecular weight is 800 g/mol. The number of rotatable bonds is 42. The van der Waals surface area contributed by atoms with Gasteiger partial charge in [0.05, 0.1) is 19.8 Å². The van der Waals surface area contributed by atoms with Crippen molar-refractivity contribution in [3.63, 3.8) is 0 Å². The van der Waals surface area contributed by atoms with Gasteiger partial charge < -0.3 is 25.2 Å². The van der Waals surface area contributed by atoms with Gasteiger partial charge in [-0.05, 0) is 64.2 Å². The van der Waals surface area contributed by atoms with Crippen molar-refractivity contribution in [3.05, 3.63) is 36.5 Å². The first kappa shape index (κ1) is 53.2. The lowest BCUT2D eigenvalue weighted by Crippen LogP contribution is -2.34. The fraction of sp³-hybridized carbons (Fsp3) is 0.818. The minimum Gasteiger partial charge on any atom is -0.480 e. The zero-order valence-corrected chi connectivity index (χ0v) is 35.9. The van der Waals surface area contributed by atoms with Crippen molar-refractivity contribution in [2.75, 3.05) is 26.4 Å². The van der Waals surface area contributed by atoms with E-state index in [1.165, 1.54) is 103 Å². The van der Waals surface area contributed by atoms with E-state index in [1.807, 2.05) is 0 Å². The van der Waals surface area contributed by atoms with E-state index in [1.54, 1.807) is 0 Å². The highest BCUT2D eigenvalue weighted by Gasteiger charge is 2.27. The Morgan fingerprint density at radius 3 is 1.56 bits per heavy atom. The molecule has 0 aromatic rings. The van der Waals surface area contributed by atoms with Gasteiger partial charge in [-0.25, -0.2) is 4.57 Å². The molecule has 0 heterocycles. The number of hydrogen-bond acceptors (Lipinski definition) is 8. The number of nitrogens with two attached hydrogens (primary N) is 1. The van der Waals surface area contributed by atoms with E-state index < -0.39 is 45.1 Å². The van der Waals surface area contributed by atoms with Crippen LogP contribution in [0.3, 0.4) is 0 Å². The van der Waals surface area contributed by atoms with Crippen LogP contribution in [0.15, 0.2) is 36.5 Å². The molecular formula is C44H82NO9P. The number of phosphoric ester groups is 1. The highest BCUT2D eigenvalue weighted by Crippen LogP contribution is 2.43. The van der Waals surface area contributed by atoms with E-state index in [0.29, 0.717) is 13.0 Å². The standard InChI is InChI=1S/C44H82NO9P/c1-3-5-7-9-11-13-15-17-18-19-20-21-22-23-25-27-29-31-33-35-37-51-38-41(39-52-55(49,50)53-40-42(45)44(47)48)54-43(46)36-34-32-30-28-26-24-16-14-12-10-8-6-4-2/h8,10,14,16-18,41-42H,3-7,9,11-13,15,19-40,45H2,1-2H3,(H,47,48)(H,49,50)/b10-8-,16-14-,18-17-. The molecule has 55 heavy (non-hydrogen) atoms. The lowest BCUT2D eigenvalue weighted by Gasteiger charge is -2.20. The lowest BCUT2D eigenvalue weighted by atomic mass is 10.1. The SMILES string of the molecule is CCC/C=C\C/C=C\CCCCCCCC(=O)OC(COCCCCCCCCCCCC/C=C\CCCCCCCC)COP(=O)(O)OCC(N)C(=O)O. The van der Waals surface area contributed by atoms with Crippen LogP contribution in [0, 0.1) is 0 Å². The number of carbonyl (C=O) groups is 2. The van der Waals surface area contributed by atoms with Crippen LogP contribution in [0.5, 0.6) is 0 Å². The zero-order valence-electron chi connectivity index (χ0n) is 35.0. The summed E-state index contributed by atoms with van der Waals surface area (Å²) in [6.07, 6.45) is 44.8. The monoisotopic (exact) mass is 800 g/mol. The average Bonchev–Trinajstić information content (AvgIpc) is 3.16. The quantitative estimate of drug-likeness (QED) is 0.0235. The first-order chi connectivity index (χ1) is 26.7. The van der Waals surface area contributed by atoms with Crippen molar-refractivity contribution in [1.82, 2.24) is 0 Å². The Bertz CT molecular complexity index is 1020. The Morgan fingerprint density at radius 2 is 1.04 bits per heavy atom. The van der Waals surface area contributed by atoms with E-state index in [4.69, 9.17) is 29.4 Å². The van der Waals surface area contributed by atoms with Gasteiger partial charge >= 0.3 is 19.8 Å². The third kappa shape index (κ3) is 40.2. The molecule has 0 rings (SSSR count). The first-order valence-electron chi connectivity index (χ1n) is 22.0. The summed E-state index contributed by atoms with van der Waals surface area (Å²) in [5, 5.41) is 8.89.